The third-order valence-corrected chi connectivity index (χ3v) is 11.8. The lowest BCUT2D eigenvalue weighted by molar-refractivity contribution is -0.167. The smallest absolute Gasteiger partial charge is 0.306 e. The van der Waals surface area contributed by atoms with Gasteiger partial charge < -0.3 is 14.2 Å². The van der Waals surface area contributed by atoms with Crippen LogP contribution in [0.4, 0.5) is 0 Å². The number of unbranched alkanes of at least 4 members (excludes halogenated alkanes) is 21. The number of ether oxygens (including phenoxy) is 3. The van der Waals surface area contributed by atoms with Gasteiger partial charge in [-0.05, 0) is 109 Å². The van der Waals surface area contributed by atoms with E-state index in [9.17, 15) is 14.4 Å². The molecule has 69 heavy (non-hydrogen) atoms. The molecule has 6 nitrogen and oxygen atoms in total. The van der Waals surface area contributed by atoms with Crippen molar-refractivity contribution in [2.24, 2.45) is 0 Å². The molecule has 0 aromatic heterocycles. The Morgan fingerprint density at radius 1 is 0.304 bits per heavy atom. The normalized spacial score (nSPS) is 12.9. The summed E-state index contributed by atoms with van der Waals surface area (Å²) in [6, 6.07) is 0. The molecule has 0 radical (unpaired) electrons. The van der Waals surface area contributed by atoms with Crippen LogP contribution in [0.5, 0.6) is 0 Å². The summed E-state index contributed by atoms with van der Waals surface area (Å²) >= 11 is 0. The maximum atomic E-state index is 12.8. The van der Waals surface area contributed by atoms with Crippen LogP contribution in [0.25, 0.3) is 0 Å². The lowest BCUT2D eigenvalue weighted by Gasteiger charge is -2.18. The van der Waals surface area contributed by atoms with E-state index in [1.54, 1.807) is 0 Å². The van der Waals surface area contributed by atoms with E-state index in [-0.39, 0.29) is 31.1 Å². The van der Waals surface area contributed by atoms with Crippen molar-refractivity contribution in [2.45, 2.75) is 258 Å². The summed E-state index contributed by atoms with van der Waals surface area (Å²) < 4.78 is 16.7. The summed E-state index contributed by atoms with van der Waals surface area (Å²) in [7, 11) is 0. The topological polar surface area (TPSA) is 78.9 Å². The first-order valence-electron chi connectivity index (χ1n) is 28.4. The predicted molar refractivity (Wildman–Crippen MR) is 297 cm³/mol. The van der Waals surface area contributed by atoms with Gasteiger partial charge in [0.1, 0.15) is 13.2 Å². The van der Waals surface area contributed by atoms with Crippen LogP contribution in [0, 0.1) is 0 Å². The number of carbonyl (C=O) groups is 3. The molecule has 0 aliphatic heterocycles. The molecule has 0 rings (SSSR count). The number of rotatable bonds is 50. The van der Waals surface area contributed by atoms with Gasteiger partial charge in [-0.25, -0.2) is 0 Å². The highest BCUT2D eigenvalue weighted by Gasteiger charge is 2.19. The Morgan fingerprint density at radius 2 is 0.565 bits per heavy atom. The zero-order valence-corrected chi connectivity index (χ0v) is 44.8. The van der Waals surface area contributed by atoms with Crippen LogP contribution < -0.4 is 0 Å². The van der Waals surface area contributed by atoms with Crippen LogP contribution in [0.3, 0.4) is 0 Å². The van der Waals surface area contributed by atoms with E-state index in [0.29, 0.717) is 19.3 Å². The van der Waals surface area contributed by atoms with Crippen molar-refractivity contribution in [1.29, 1.82) is 0 Å². The highest BCUT2D eigenvalue weighted by molar-refractivity contribution is 5.71. The van der Waals surface area contributed by atoms with E-state index in [2.05, 4.69) is 130 Å². The second-order valence-corrected chi connectivity index (χ2v) is 18.5. The minimum atomic E-state index is -0.795. The Bertz CT molecular complexity index is 1420. The zero-order valence-electron chi connectivity index (χ0n) is 44.8. The van der Waals surface area contributed by atoms with Crippen LogP contribution in [0.2, 0.25) is 0 Å². The molecule has 392 valence electrons. The second kappa shape index (κ2) is 56.7. The summed E-state index contributed by atoms with van der Waals surface area (Å²) in [4.78, 5) is 37.9. The lowest BCUT2D eigenvalue weighted by Crippen LogP contribution is -2.30. The fourth-order valence-corrected chi connectivity index (χ4v) is 7.51. The maximum Gasteiger partial charge on any atom is 0.306 e. The third-order valence-electron chi connectivity index (χ3n) is 11.8. The molecule has 0 aromatic rings. The van der Waals surface area contributed by atoms with E-state index in [1.807, 2.05) is 0 Å². The summed E-state index contributed by atoms with van der Waals surface area (Å²) in [6.07, 6.45) is 76.6. The van der Waals surface area contributed by atoms with Crippen molar-refractivity contribution in [3.63, 3.8) is 0 Å². The van der Waals surface area contributed by atoms with Crippen molar-refractivity contribution in [1.82, 2.24) is 0 Å². The second-order valence-electron chi connectivity index (χ2n) is 18.5. The number of hydrogen-bond acceptors (Lipinski definition) is 6. The Kier molecular flexibility index (Phi) is 53.4. The number of hydrogen-bond donors (Lipinski definition) is 0. The molecular formula is C63H104O6. The van der Waals surface area contributed by atoms with Gasteiger partial charge in [0, 0.05) is 19.3 Å². The van der Waals surface area contributed by atoms with Crippen molar-refractivity contribution in [3.8, 4) is 0 Å². The number of esters is 3. The van der Waals surface area contributed by atoms with Crippen LogP contribution >= 0.6 is 0 Å². The summed E-state index contributed by atoms with van der Waals surface area (Å²) in [5.74, 6) is -0.940. The van der Waals surface area contributed by atoms with E-state index in [1.165, 1.54) is 77.0 Å². The van der Waals surface area contributed by atoms with Gasteiger partial charge >= 0.3 is 17.9 Å². The minimum absolute atomic E-state index is 0.0929. The average Bonchev–Trinajstić information content (AvgIpc) is 3.35. The van der Waals surface area contributed by atoms with E-state index in [4.69, 9.17) is 14.2 Å². The molecule has 0 aliphatic rings. The monoisotopic (exact) mass is 957 g/mol. The highest BCUT2D eigenvalue weighted by atomic mass is 16.6. The van der Waals surface area contributed by atoms with Gasteiger partial charge in [-0.15, -0.1) is 0 Å². The molecule has 0 aliphatic carbocycles. The van der Waals surface area contributed by atoms with Gasteiger partial charge in [-0.2, -0.15) is 0 Å². The van der Waals surface area contributed by atoms with Gasteiger partial charge in [-0.1, -0.05) is 233 Å². The van der Waals surface area contributed by atoms with E-state index < -0.39 is 6.10 Å². The molecule has 0 saturated heterocycles. The Hall–Kier alpha value is -3.93. The van der Waals surface area contributed by atoms with Crippen LogP contribution in [0.1, 0.15) is 252 Å². The van der Waals surface area contributed by atoms with E-state index in [0.717, 1.165) is 135 Å². The fourth-order valence-electron chi connectivity index (χ4n) is 7.51. The fraction of sp³-hybridized carbons (Fsp3) is 0.667. The largest absolute Gasteiger partial charge is 0.462 e. The Balaban J connectivity index is 4.32. The predicted octanol–water partition coefficient (Wildman–Crippen LogP) is 19.1. The standard InChI is InChI=1S/C63H104O6/c1-4-7-10-13-16-18-20-22-24-26-28-30-31-33-34-36-38-40-42-44-47-50-53-56-62(65)68-59-60(58-67-61(64)55-52-49-46-15-12-9-6-3)69-63(66)57-54-51-48-45-43-41-39-37-35-32-29-27-25-23-21-19-17-14-11-8-5-2/h7,10,16,18,21-24,27-30,33-35,37-38,40,60H,4-6,8-9,11-15,17,19-20,25-26,31-32,36,39,41-59H2,1-3H3/b10-7-,18-16-,23-21-,24-22-,29-27-,30-28-,34-33-,37-35-,40-38-. The van der Waals surface area contributed by atoms with Gasteiger partial charge in [0.15, 0.2) is 6.10 Å². The molecule has 0 aromatic carbocycles. The molecule has 0 N–H and O–H groups in total. The SMILES string of the molecule is CC/C=C\C/C=C\C/C=C\C/C=C\C/C=C\C/C=C\CCCCCCC(=O)OCC(COC(=O)CCCCCCCCC)OC(=O)CCCCCCCC/C=C\C/C=C\C/C=C\CCCCCCC. The molecule has 0 bridgehead atoms. The molecule has 0 spiro atoms. The molecular weight excluding hydrogens is 853 g/mol. The van der Waals surface area contributed by atoms with Gasteiger partial charge in [0.25, 0.3) is 0 Å². The Labute approximate surface area is 425 Å². The highest BCUT2D eigenvalue weighted by Crippen LogP contribution is 2.13. The molecule has 1 atom stereocenters. The van der Waals surface area contributed by atoms with Crippen LogP contribution in [-0.4, -0.2) is 37.2 Å². The van der Waals surface area contributed by atoms with Crippen molar-refractivity contribution in [2.75, 3.05) is 13.2 Å². The minimum Gasteiger partial charge on any atom is -0.462 e. The maximum absolute atomic E-state index is 12.8. The third kappa shape index (κ3) is 54.9. The molecule has 6 heteroatoms. The Morgan fingerprint density at radius 3 is 0.884 bits per heavy atom. The van der Waals surface area contributed by atoms with Crippen LogP contribution in [0.15, 0.2) is 109 Å². The van der Waals surface area contributed by atoms with Crippen molar-refractivity contribution < 1.29 is 28.6 Å². The molecule has 0 saturated carbocycles. The summed E-state index contributed by atoms with van der Waals surface area (Å²) in [5, 5.41) is 0. The van der Waals surface area contributed by atoms with Gasteiger partial charge in [0.2, 0.25) is 0 Å². The van der Waals surface area contributed by atoms with Crippen molar-refractivity contribution in [3.05, 3.63) is 109 Å². The van der Waals surface area contributed by atoms with Gasteiger partial charge in [-0.3, -0.25) is 14.4 Å². The first-order chi connectivity index (χ1) is 34.0. The average molecular weight is 958 g/mol. The first-order valence-corrected chi connectivity index (χ1v) is 28.4. The summed E-state index contributed by atoms with van der Waals surface area (Å²) in [6.45, 7) is 6.43. The quantitative estimate of drug-likeness (QED) is 0.0262. The molecule has 0 amide bonds. The molecule has 0 fully saturated rings. The van der Waals surface area contributed by atoms with E-state index >= 15 is 0 Å². The lowest BCUT2D eigenvalue weighted by atomic mass is 10.1. The van der Waals surface area contributed by atoms with Gasteiger partial charge in [0.05, 0.1) is 0 Å². The van der Waals surface area contributed by atoms with Crippen LogP contribution in [-0.2, 0) is 28.6 Å². The summed E-state index contributed by atoms with van der Waals surface area (Å²) in [5.41, 5.74) is 0. The number of carbonyl (C=O) groups excluding carboxylic acids is 3. The van der Waals surface area contributed by atoms with Crippen molar-refractivity contribution >= 4 is 17.9 Å². The molecule has 1 unspecified atom stereocenters. The first kappa shape index (κ1) is 65.1. The zero-order chi connectivity index (χ0) is 50.0. The number of allylic oxidation sites excluding steroid dienone is 18. The molecule has 0 heterocycles.